The van der Waals surface area contributed by atoms with Gasteiger partial charge in [-0.05, 0) is 26.8 Å². The molecule has 0 amide bonds. The lowest BCUT2D eigenvalue weighted by Crippen LogP contribution is -2.14. The van der Waals surface area contributed by atoms with Crippen molar-refractivity contribution in [2.24, 2.45) is 0 Å². The van der Waals surface area contributed by atoms with Crippen molar-refractivity contribution in [2.75, 3.05) is 7.11 Å². The first-order chi connectivity index (χ1) is 9.06. The van der Waals surface area contributed by atoms with Gasteiger partial charge in [-0.15, -0.1) is 0 Å². The first kappa shape index (κ1) is 13.5. The second kappa shape index (κ2) is 5.40. The van der Waals surface area contributed by atoms with Gasteiger partial charge in [0.05, 0.1) is 13.3 Å². The molecule has 19 heavy (non-hydrogen) atoms. The summed E-state index contributed by atoms with van der Waals surface area (Å²) in [6.45, 7) is 5.90. The fourth-order valence-electron chi connectivity index (χ4n) is 2.12. The van der Waals surface area contributed by atoms with Crippen LogP contribution in [0.5, 0.6) is 5.75 Å². The summed E-state index contributed by atoms with van der Waals surface area (Å²) in [6.07, 6.45) is 2.54. The molecule has 0 aliphatic carbocycles. The maximum Gasteiger partial charge on any atom is 0.163 e. The van der Waals surface area contributed by atoms with Gasteiger partial charge in [-0.2, -0.15) is 5.10 Å². The quantitative estimate of drug-likeness (QED) is 0.917. The van der Waals surface area contributed by atoms with Gasteiger partial charge in [0, 0.05) is 23.5 Å². The van der Waals surface area contributed by atoms with E-state index in [0.29, 0.717) is 11.4 Å². The van der Waals surface area contributed by atoms with Gasteiger partial charge in [-0.25, -0.2) is 0 Å². The normalized spacial score (nSPS) is 12.7. The third-order valence-electron chi connectivity index (χ3n) is 3.11. The highest BCUT2D eigenvalue weighted by Gasteiger charge is 2.24. The third kappa shape index (κ3) is 2.46. The van der Waals surface area contributed by atoms with Crippen LogP contribution in [0.15, 0.2) is 24.5 Å². The molecule has 0 aliphatic rings. The number of pyridine rings is 1. The zero-order chi connectivity index (χ0) is 14.0. The van der Waals surface area contributed by atoms with Crippen LogP contribution in [0.1, 0.15) is 42.9 Å². The molecule has 102 valence electrons. The van der Waals surface area contributed by atoms with E-state index >= 15 is 0 Å². The lowest BCUT2D eigenvalue weighted by molar-refractivity contribution is 0.198. The number of ether oxygens (including phenoxy) is 1. The molecule has 2 aromatic rings. The molecule has 2 rings (SSSR count). The number of hydrogen-bond acceptors (Lipinski definition) is 4. The Bertz CT molecular complexity index is 564. The van der Waals surface area contributed by atoms with Crippen LogP contribution in [0.3, 0.4) is 0 Å². The second-order valence-corrected chi connectivity index (χ2v) is 4.72. The Morgan fingerprint density at radius 1 is 1.37 bits per heavy atom. The van der Waals surface area contributed by atoms with E-state index in [2.05, 4.69) is 10.1 Å². The number of aryl methyl sites for hydroxylation is 1. The van der Waals surface area contributed by atoms with Gasteiger partial charge in [-0.1, -0.05) is 6.07 Å². The van der Waals surface area contributed by atoms with E-state index in [-0.39, 0.29) is 6.04 Å². The van der Waals surface area contributed by atoms with Crippen LogP contribution in [0.2, 0.25) is 0 Å². The summed E-state index contributed by atoms with van der Waals surface area (Å²) in [6, 6.07) is 3.82. The summed E-state index contributed by atoms with van der Waals surface area (Å²) in [5, 5.41) is 14.9. The SMILES string of the molecule is COc1cnn(C(C)C)c1C(O)c1cccnc1C. The highest BCUT2D eigenvalue weighted by atomic mass is 16.5. The number of rotatable bonds is 4. The topological polar surface area (TPSA) is 60.2 Å². The molecule has 1 unspecified atom stereocenters. The lowest BCUT2D eigenvalue weighted by Gasteiger charge is -2.18. The number of aromatic nitrogens is 3. The van der Waals surface area contributed by atoms with Crippen molar-refractivity contribution < 1.29 is 9.84 Å². The number of aliphatic hydroxyl groups is 1. The summed E-state index contributed by atoms with van der Waals surface area (Å²) in [5.41, 5.74) is 2.23. The fraction of sp³-hybridized carbons (Fsp3) is 0.429. The molecule has 0 fully saturated rings. The Morgan fingerprint density at radius 3 is 2.68 bits per heavy atom. The van der Waals surface area contributed by atoms with Gasteiger partial charge in [0.25, 0.3) is 0 Å². The van der Waals surface area contributed by atoms with Crippen LogP contribution in [0.25, 0.3) is 0 Å². The zero-order valence-electron chi connectivity index (χ0n) is 11.7. The Labute approximate surface area is 112 Å². The summed E-state index contributed by atoms with van der Waals surface area (Å²) >= 11 is 0. The monoisotopic (exact) mass is 261 g/mol. The Morgan fingerprint density at radius 2 is 2.11 bits per heavy atom. The zero-order valence-corrected chi connectivity index (χ0v) is 11.7. The molecular weight excluding hydrogens is 242 g/mol. The van der Waals surface area contributed by atoms with Crippen molar-refractivity contribution in [1.82, 2.24) is 14.8 Å². The maximum atomic E-state index is 10.6. The van der Waals surface area contributed by atoms with E-state index in [1.165, 1.54) is 0 Å². The Kier molecular flexibility index (Phi) is 3.85. The van der Waals surface area contributed by atoms with Gasteiger partial charge < -0.3 is 9.84 Å². The predicted molar refractivity (Wildman–Crippen MR) is 72.2 cm³/mol. The summed E-state index contributed by atoms with van der Waals surface area (Å²) in [4.78, 5) is 4.21. The predicted octanol–water partition coefficient (Wildman–Crippen LogP) is 2.26. The van der Waals surface area contributed by atoms with E-state index in [0.717, 1.165) is 11.3 Å². The lowest BCUT2D eigenvalue weighted by atomic mass is 10.0. The second-order valence-electron chi connectivity index (χ2n) is 4.72. The molecule has 2 heterocycles. The van der Waals surface area contributed by atoms with Crippen molar-refractivity contribution in [1.29, 1.82) is 0 Å². The van der Waals surface area contributed by atoms with Gasteiger partial charge in [-0.3, -0.25) is 9.67 Å². The minimum absolute atomic E-state index is 0.144. The molecule has 0 saturated heterocycles. The van der Waals surface area contributed by atoms with Crippen molar-refractivity contribution in [3.63, 3.8) is 0 Å². The third-order valence-corrected chi connectivity index (χ3v) is 3.11. The highest BCUT2D eigenvalue weighted by Crippen LogP contribution is 2.32. The molecule has 2 aromatic heterocycles. The molecule has 1 N–H and O–H groups in total. The molecule has 0 saturated carbocycles. The van der Waals surface area contributed by atoms with E-state index in [1.807, 2.05) is 32.9 Å². The number of aliphatic hydroxyl groups excluding tert-OH is 1. The smallest absolute Gasteiger partial charge is 0.163 e. The first-order valence-corrected chi connectivity index (χ1v) is 6.27. The maximum absolute atomic E-state index is 10.6. The average molecular weight is 261 g/mol. The van der Waals surface area contributed by atoms with Gasteiger partial charge in [0.15, 0.2) is 5.75 Å². The standard InChI is InChI=1S/C14H19N3O2/c1-9(2)17-13(12(19-4)8-16-17)14(18)11-6-5-7-15-10(11)3/h5-9,14,18H,1-4H3. The minimum Gasteiger partial charge on any atom is -0.493 e. The van der Waals surface area contributed by atoms with Crippen molar-refractivity contribution in [3.05, 3.63) is 41.5 Å². The molecule has 5 nitrogen and oxygen atoms in total. The van der Waals surface area contributed by atoms with Crippen LogP contribution < -0.4 is 4.74 Å². The molecule has 0 bridgehead atoms. The highest BCUT2D eigenvalue weighted by molar-refractivity contribution is 5.36. The number of hydrogen-bond donors (Lipinski definition) is 1. The van der Waals surface area contributed by atoms with Crippen LogP contribution >= 0.6 is 0 Å². The fourth-order valence-corrected chi connectivity index (χ4v) is 2.12. The molecule has 5 heteroatoms. The van der Waals surface area contributed by atoms with Crippen molar-refractivity contribution >= 4 is 0 Å². The van der Waals surface area contributed by atoms with Crippen LogP contribution in [-0.2, 0) is 0 Å². The van der Waals surface area contributed by atoms with Crippen LogP contribution in [0.4, 0.5) is 0 Å². The minimum atomic E-state index is -0.798. The molecule has 1 atom stereocenters. The average Bonchev–Trinajstić information content (AvgIpc) is 2.82. The molecule has 0 aliphatic heterocycles. The number of methoxy groups -OCH3 is 1. The van der Waals surface area contributed by atoms with E-state index in [9.17, 15) is 5.11 Å². The number of nitrogens with zero attached hydrogens (tertiary/aromatic N) is 3. The van der Waals surface area contributed by atoms with Crippen LogP contribution in [0, 0.1) is 6.92 Å². The summed E-state index contributed by atoms with van der Waals surface area (Å²) in [7, 11) is 1.58. The Balaban J connectivity index is 2.52. The van der Waals surface area contributed by atoms with Gasteiger partial charge >= 0.3 is 0 Å². The van der Waals surface area contributed by atoms with E-state index in [1.54, 1.807) is 24.2 Å². The largest absolute Gasteiger partial charge is 0.493 e. The first-order valence-electron chi connectivity index (χ1n) is 6.27. The molecule has 0 spiro atoms. The van der Waals surface area contributed by atoms with Gasteiger partial charge in [0.2, 0.25) is 0 Å². The summed E-state index contributed by atoms with van der Waals surface area (Å²) in [5.74, 6) is 0.587. The van der Waals surface area contributed by atoms with Crippen LogP contribution in [-0.4, -0.2) is 27.0 Å². The molecule has 0 aromatic carbocycles. The molecular formula is C14H19N3O2. The van der Waals surface area contributed by atoms with E-state index < -0.39 is 6.10 Å². The van der Waals surface area contributed by atoms with E-state index in [4.69, 9.17) is 4.74 Å². The van der Waals surface area contributed by atoms with Gasteiger partial charge in [0.1, 0.15) is 11.8 Å². The summed E-state index contributed by atoms with van der Waals surface area (Å²) < 4.78 is 7.07. The molecule has 0 radical (unpaired) electrons. The Hall–Kier alpha value is -1.88. The van der Waals surface area contributed by atoms with Crippen molar-refractivity contribution in [3.8, 4) is 5.75 Å². The van der Waals surface area contributed by atoms with Crippen molar-refractivity contribution in [2.45, 2.75) is 32.9 Å².